The molecule has 0 radical (unpaired) electrons. The Balaban J connectivity index is 1.30. The highest BCUT2D eigenvalue weighted by atomic mass is 19.2. The van der Waals surface area contributed by atoms with Gasteiger partial charge in [-0.2, -0.15) is 4.39 Å². The van der Waals surface area contributed by atoms with Crippen molar-refractivity contribution >= 4 is 5.97 Å². The third-order valence-electron chi connectivity index (χ3n) is 7.34. The van der Waals surface area contributed by atoms with E-state index >= 15 is 0 Å². The molecule has 3 aromatic rings. The lowest BCUT2D eigenvalue weighted by Crippen LogP contribution is -2.25. The van der Waals surface area contributed by atoms with E-state index in [2.05, 4.69) is 31.2 Å². The summed E-state index contributed by atoms with van der Waals surface area (Å²) in [5.41, 5.74) is 3.35. The summed E-state index contributed by atoms with van der Waals surface area (Å²) in [4.78, 5) is 12.8. The Morgan fingerprint density at radius 1 is 0.895 bits per heavy atom. The second kappa shape index (κ2) is 13.4. The van der Waals surface area contributed by atoms with Crippen LogP contribution in [0, 0.1) is 17.6 Å². The number of halogens is 2. The molecule has 0 bridgehead atoms. The molecule has 0 aliphatic heterocycles. The first-order chi connectivity index (χ1) is 18.5. The second-order valence-electron chi connectivity index (χ2n) is 10.0. The van der Waals surface area contributed by atoms with Crippen molar-refractivity contribution in [3.63, 3.8) is 0 Å². The fourth-order valence-corrected chi connectivity index (χ4v) is 5.09. The van der Waals surface area contributed by atoms with Gasteiger partial charge in [-0.1, -0.05) is 62.2 Å². The number of hydrogen-bond donors (Lipinski definition) is 0. The maximum Gasteiger partial charge on any atom is 0.314 e. The fourth-order valence-electron chi connectivity index (χ4n) is 5.09. The van der Waals surface area contributed by atoms with Gasteiger partial charge in [0.25, 0.3) is 0 Å². The standard InChI is InChI=1S/C33H36F2O3/c1-3-5-6-7-23-8-10-24(11-9-23)25-12-14-27(15-13-25)33(36)38-28-18-16-26(17-19-28)29-20-21-30(37-22-4-2)32(35)31(29)34/h4,8-11,16-22,25,27H,3,5-7,12-15H2,1-2H3. The van der Waals surface area contributed by atoms with Crippen LogP contribution in [-0.4, -0.2) is 5.97 Å². The van der Waals surface area contributed by atoms with E-state index in [0.29, 0.717) is 17.2 Å². The van der Waals surface area contributed by atoms with E-state index in [-0.39, 0.29) is 23.2 Å². The molecule has 3 nitrogen and oxygen atoms in total. The number of allylic oxidation sites excluding steroid dienone is 1. The molecule has 0 spiro atoms. The van der Waals surface area contributed by atoms with E-state index in [9.17, 15) is 13.6 Å². The van der Waals surface area contributed by atoms with Gasteiger partial charge in [0.15, 0.2) is 11.6 Å². The first-order valence-corrected chi connectivity index (χ1v) is 13.7. The topological polar surface area (TPSA) is 35.5 Å². The van der Waals surface area contributed by atoms with Gasteiger partial charge < -0.3 is 9.47 Å². The average molecular weight is 519 g/mol. The van der Waals surface area contributed by atoms with Gasteiger partial charge in [0.2, 0.25) is 5.82 Å². The minimum atomic E-state index is -1.05. The van der Waals surface area contributed by atoms with E-state index in [1.54, 1.807) is 37.3 Å². The quantitative estimate of drug-likeness (QED) is 0.116. The molecule has 1 aliphatic rings. The lowest BCUT2D eigenvalue weighted by Gasteiger charge is -2.27. The zero-order chi connectivity index (χ0) is 26.9. The van der Waals surface area contributed by atoms with Crippen LogP contribution in [0.25, 0.3) is 11.1 Å². The zero-order valence-electron chi connectivity index (χ0n) is 22.2. The number of carbonyl (C=O) groups is 1. The number of rotatable bonds is 10. The molecule has 0 aromatic heterocycles. The molecule has 38 heavy (non-hydrogen) atoms. The molecule has 200 valence electrons. The Kier molecular flexibility index (Phi) is 9.69. The first-order valence-electron chi connectivity index (χ1n) is 13.7. The largest absolute Gasteiger partial charge is 0.462 e. The molecule has 0 heterocycles. The highest BCUT2D eigenvalue weighted by Crippen LogP contribution is 2.37. The van der Waals surface area contributed by atoms with Gasteiger partial charge in [-0.25, -0.2) is 4.39 Å². The fraction of sp³-hybridized carbons (Fsp3) is 0.364. The maximum atomic E-state index is 14.6. The van der Waals surface area contributed by atoms with Crippen LogP contribution in [0.15, 0.2) is 73.0 Å². The predicted octanol–water partition coefficient (Wildman–Crippen LogP) is 9.16. The molecule has 0 amide bonds. The SMILES string of the molecule is CC=COc1ccc(-c2ccc(OC(=O)C3CCC(c4ccc(CCCCC)cc4)CC3)cc2)c(F)c1F. The van der Waals surface area contributed by atoms with Crippen molar-refractivity contribution in [1.82, 2.24) is 0 Å². The van der Waals surface area contributed by atoms with Crippen LogP contribution < -0.4 is 9.47 Å². The third-order valence-corrected chi connectivity index (χ3v) is 7.34. The Morgan fingerprint density at radius 3 is 2.26 bits per heavy atom. The zero-order valence-corrected chi connectivity index (χ0v) is 22.2. The number of hydrogen-bond acceptors (Lipinski definition) is 3. The molecule has 5 heteroatoms. The molecule has 0 unspecified atom stereocenters. The highest BCUT2D eigenvalue weighted by molar-refractivity contribution is 5.75. The van der Waals surface area contributed by atoms with Crippen LogP contribution in [0.2, 0.25) is 0 Å². The van der Waals surface area contributed by atoms with Gasteiger partial charge in [0.1, 0.15) is 5.75 Å². The first kappa shape index (κ1) is 27.6. The summed E-state index contributed by atoms with van der Waals surface area (Å²) in [7, 11) is 0. The van der Waals surface area contributed by atoms with Gasteiger partial charge >= 0.3 is 5.97 Å². The van der Waals surface area contributed by atoms with Gasteiger partial charge in [0.05, 0.1) is 12.2 Å². The second-order valence-corrected chi connectivity index (χ2v) is 10.0. The summed E-state index contributed by atoms with van der Waals surface area (Å²) in [5.74, 6) is -1.69. The molecule has 0 saturated heterocycles. The van der Waals surface area contributed by atoms with Gasteiger partial charge in [-0.3, -0.25) is 4.79 Å². The Hall–Kier alpha value is -3.47. The molecule has 1 saturated carbocycles. The van der Waals surface area contributed by atoms with Crippen molar-refractivity contribution in [1.29, 1.82) is 0 Å². The van der Waals surface area contributed by atoms with E-state index < -0.39 is 11.6 Å². The van der Waals surface area contributed by atoms with Crippen molar-refractivity contribution < 1.29 is 23.0 Å². The van der Waals surface area contributed by atoms with Crippen molar-refractivity contribution in [3.8, 4) is 22.6 Å². The Bertz CT molecular complexity index is 1220. The number of unbranched alkanes of at least 4 members (excludes halogenated alkanes) is 2. The number of carbonyl (C=O) groups excluding carboxylic acids is 1. The Morgan fingerprint density at radius 2 is 1.61 bits per heavy atom. The van der Waals surface area contributed by atoms with Gasteiger partial charge in [-0.15, -0.1) is 0 Å². The van der Waals surface area contributed by atoms with Gasteiger partial charge in [-0.05, 0) is 92.3 Å². The molecule has 1 aliphatic carbocycles. The number of esters is 1. The van der Waals surface area contributed by atoms with Crippen LogP contribution in [0.3, 0.4) is 0 Å². The normalized spacial score (nSPS) is 17.5. The van der Waals surface area contributed by atoms with Gasteiger partial charge in [0, 0.05) is 5.56 Å². The summed E-state index contributed by atoms with van der Waals surface area (Å²) in [5, 5.41) is 0. The molecule has 1 fully saturated rings. The summed E-state index contributed by atoms with van der Waals surface area (Å²) in [6.07, 6.45) is 11.3. The van der Waals surface area contributed by atoms with E-state index in [1.807, 2.05) is 0 Å². The minimum Gasteiger partial charge on any atom is -0.462 e. The molecule has 4 rings (SSSR count). The molecule has 0 atom stereocenters. The number of ether oxygens (including phenoxy) is 2. The van der Waals surface area contributed by atoms with Crippen LogP contribution in [0.4, 0.5) is 8.78 Å². The lowest BCUT2D eigenvalue weighted by molar-refractivity contribution is -0.140. The number of benzene rings is 3. The van der Waals surface area contributed by atoms with Crippen LogP contribution >= 0.6 is 0 Å². The van der Waals surface area contributed by atoms with Crippen molar-refractivity contribution in [2.45, 2.75) is 71.1 Å². The molecular formula is C33H36F2O3. The summed E-state index contributed by atoms with van der Waals surface area (Å²) < 4.78 is 39.6. The van der Waals surface area contributed by atoms with Crippen LogP contribution in [0.1, 0.15) is 75.8 Å². The summed E-state index contributed by atoms with van der Waals surface area (Å²) in [6, 6.07) is 18.3. The number of aryl methyl sites for hydroxylation is 1. The maximum absolute atomic E-state index is 14.6. The van der Waals surface area contributed by atoms with E-state index in [0.717, 1.165) is 32.1 Å². The van der Waals surface area contributed by atoms with Crippen LogP contribution in [0.5, 0.6) is 11.5 Å². The molecule has 0 N–H and O–H groups in total. The van der Waals surface area contributed by atoms with Crippen molar-refractivity contribution in [3.05, 3.63) is 95.8 Å². The summed E-state index contributed by atoms with van der Waals surface area (Å²) >= 11 is 0. The molecule has 3 aromatic carbocycles. The van der Waals surface area contributed by atoms with Crippen molar-refractivity contribution in [2.75, 3.05) is 0 Å². The van der Waals surface area contributed by atoms with E-state index in [4.69, 9.17) is 9.47 Å². The van der Waals surface area contributed by atoms with Crippen LogP contribution in [-0.2, 0) is 11.2 Å². The minimum absolute atomic E-state index is 0.112. The monoisotopic (exact) mass is 518 g/mol. The Labute approximate surface area is 224 Å². The third kappa shape index (κ3) is 6.89. The predicted molar refractivity (Wildman–Crippen MR) is 147 cm³/mol. The average Bonchev–Trinajstić information content (AvgIpc) is 2.95. The lowest BCUT2D eigenvalue weighted by atomic mass is 9.78. The van der Waals surface area contributed by atoms with E-state index in [1.165, 1.54) is 48.8 Å². The van der Waals surface area contributed by atoms with Crippen molar-refractivity contribution in [2.24, 2.45) is 5.92 Å². The smallest absolute Gasteiger partial charge is 0.314 e. The molecular weight excluding hydrogens is 482 g/mol. The highest BCUT2D eigenvalue weighted by Gasteiger charge is 2.28. The summed E-state index contributed by atoms with van der Waals surface area (Å²) in [6.45, 7) is 3.94.